The van der Waals surface area contributed by atoms with Gasteiger partial charge in [0, 0.05) is 33.2 Å². The second-order valence-corrected chi connectivity index (χ2v) is 7.68. The predicted molar refractivity (Wildman–Crippen MR) is 103 cm³/mol. The summed E-state index contributed by atoms with van der Waals surface area (Å²) in [5.74, 6) is 0.213. The molecule has 1 amide bonds. The summed E-state index contributed by atoms with van der Waals surface area (Å²) in [6, 6.07) is 10.2. The molecule has 1 aromatic carbocycles. The Hall–Kier alpha value is -1.79. The number of rotatable bonds is 5. The molecule has 1 atom stereocenters. The summed E-state index contributed by atoms with van der Waals surface area (Å²) >= 11 is 1.54. The molecule has 0 saturated carbocycles. The van der Waals surface area contributed by atoms with E-state index in [4.69, 9.17) is 0 Å². The zero-order valence-corrected chi connectivity index (χ0v) is 16.0. The van der Waals surface area contributed by atoms with E-state index in [9.17, 15) is 4.79 Å². The molecule has 0 spiro atoms. The molecule has 6 heteroatoms. The van der Waals surface area contributed by atoms with Gasteiger partial charge in [0.05, 0.1) is 17.1 Å². The largest absolute Gasteiger partial charge is 0.339 e. The highest BCUT2D eigenvalue weighted by molar-refractivity contribution is 8.00. The number of thioether (sulfide) groups is 1. The van der Waals surface area contributed by atoms with Crippen molar-refractivity contribution in [1.82, 2.24) is 19.4 Å². The highest BCUT2D eigenvalue weighted by Gasteiger charge is 2.26. The van der Waals surface area contributed by atoms with Crippen LogP contribution in [0.2, 0.25) is 0 Å². The fourth-order valence-electron chi connectivity index (χ4n) is 3.13. The number of carbonyl (C=O) groups excluding carboxylic acids is 1. The quantitative estimate of drug-likeness (QED) is 0.771. The molecule has 1 fully saturated rings. The molecule has 3 rings (SSSR count). The molecule has 1 aliphatic rings. The molecule has 0 unspecified atom stereocenters. The number of imidazole rings is 1. The van der Waals surface area contributed by atoms with E-state index in [1.54, 1.807) is 11.8 Å². The van der Waals surface area contributed by atoms with Crippen LogP contribution in [0.3, 0.4) is 0 Å². The van der Waals surface area contributed by atoms with Crippen molar-refractivity contribution in [3.05, 3.63) is 36.5 Å². The van der Waals surface area contributed by atoms with Gasteiger partial charge in [-0.15, -0.1) is 0 Å². The van der Waals surface area contributed by atoms with Crippen LogP contribution in [0.15, 0.2) is 41.7 Å². The van der Waals surface area contributed by atoms with Crippen LogP contribution in [-0.4, -0.2) is 63.2 Å². The van der Waals surface area contributed by atoms with Crippen LogP contribution in [0.4, 0.5) is 0 Å². The van der Waals surface area contributed by atoms with Gasteiger partial charge in [-0.05, 0) is 19.0 Å². The zero-order valence-electron chi connectivity index (χ0n) is 15.2. The third kappa shape index (κ3) is 4.07. The lowest BCUT2D eigenvalue weighted by Crippen LogP contribution is -2.50. The second-order valence-electron chi connectivity index (χ2n) is 6.37. The molecule has 0 radical (unpaired) electrons. The Labute approximate surface area is 154 Å². The van der Waals surface area contributed by atoms with Crippen molar-refractivity contribution < 1.29 is 4.79 Å². The van der Waals surface area contributed by atoms with E-state index in [-0.39, 0.29) is 11.2 Å². The average Bonchev–Trinajstić information content (AvgIpc) is 3.02. The van der Waals surface area contributed by atoms with Gasteiger partial charge in [-0.3, -0.25) is 4.79 Å². The molecule has 25 heavy (non-hydrogen) atoms. The summed E-state index contributed by atoms with van der Waals surface area (Å²) in [6.07, 6.45) is 1.88. The van der Waals surface area contributed by atoms with Crippen molar-refractivity contribution in [2.75, 3.05) is 32.7 Å². The van der Waals surface area contributed by atoms with Gasteiger partial charge in [-0.25, -0.2) is 4.98 Å². The number of benzene rings is 1. The van der Waals surface area contributed by atoms with E-state index in [2.05, 4.69) is 33.5 Å². The molecule has 0 N–H and O–H groups in total. The standard InChI is InChI=1S/C19H26N4OS/c1-4-22-10-12-23(13-11-22)18(24)15(2)25-19-20-14-17(21(19)3)16-8-6-5-7-9-16/h5-9,14-15H,4,10-13H2,1-3H3/t15-/m0/s1. The van der Waals surface area contributed by atoms with Gasteiger partial charge >= 0.3 is 0 Å². The Balaban J connectivity index is 1.64. The second kappa shape index (κ2) is 8.06. The van der Waals surface area contributed by atoms with Crippen LogP contribution in [0.5, 0.6) is 0 Å². The van der Waals surface area contributed by atoms with Crippen LogP contribution in [0, 0.1) is 0 Å². The van der Waals surface area contributed by atoms with Crippen LogP contribution in [0.1, 0.15) is 13.8 Å². The zero-order chi connectivity index (χ0) is 17.8. The van der Waals surface area contributed by atoms with E-state index >= 15 is 0 Å². The highest BCUT2D eigenvalue weighted by Crippen LogP contribution is 2.28. The molecule has 2 heterocycles. The molecule has 1 aromatic heterocycles. The maximum Gasteiger partial charge on any atom is 0.235 e. The van der Waals surface area contributed by atoms with Crippen molar-refractivity contribution >= 4 is 17.7 Å². The van der Waals surface area contributed by atoms with Gasteiger partial charge in [0.25, 0.3) is 0 Å². The minimum absolute atomic E-state index is 0.127. The normalized spacial score (nSPS) is 16.8. The lowest BCUT2D eigenvalue weighted by atomic mass is 10.2. The van der Waals surface area contributed by atoms with Gasteiger partial charge in [-0.2, -0.15) is 0 Å². The molecule has 1 saturated heterocycles. The summed E-state index contributed by atoms with van der Waals surface area (Å²) in [5, 5.41) is 0.754. The summed E-state index contributed by atoms with van der Waals surface area (Å²) in [7, 11) is 2.01. The van der Waals surface area contributed by atoms with Crippen molar-refractivity contribution in [2.24, 2.45) is 7.05 Å². The number of amides is 1. The SMILES string of the molecule is CCN1CCN(C(=O)[C@H](C)Sc2ncc(-c3ccccc3)n2C)CC1. The fraction of sp³-hybridized carbons (Fsp3) is 0.474. The molecular weight excluding hydrogens is 332 g/mol. The van der Waals surface area contributed by atoms with Crippen LogP contribution in [-0.2, 0) is 11.8 Å². The first-order valence-electron chi connectivity index (χ1n) is 8.85. The minimum Gasteiger partial charge on any atom is -0.339 e. The molecule has 134 valence electrons. The minimum atomic E-state index is -0.127. The van der Waals surface area contributed by atoms with E-state index in [0.717, 1.165) is 49.1 Å². The van der Waals surface area contributed by atoms with Crippen molar-refractivity contribution in [2.45, 2.75) is 24.3 Å². The molecule has 2 aromatic rings. The van der Waals surface area contributed by atoms with E-state index < -0.39 is 0 Å². The van der Waals surface area contributed by atoms with Gasteiger partial charge in [0.1, 0.15) is 0 Å². The van der Waals surface area contributed by atoms with Crippen molar-refractivity contribution in [3.63, 3.8) is 0 Å². The number of likely N-dealkylation sites (N-methyl/N-ethyl adjacent to an activating group) is 1. The van der Waals surface area contributed by atoms with Crippen LogP contribution >= 0.6 is 11.8 Å². The molecule has 1 aliphatic heterocycles. The fourth-order valence-corrected chi connectivity index (χ4v) is 4.07. The van der Waals surface area contributed by atoms with E-state index in [1.165, 1.54) is 0 Å². The van der Waals surface area contributed by atoms with Gasteiger partial charge in [-0.1, -0.05) is 49.0 Å². The molecular formula is C19H26N4OS. The van der Waals surface area contributed by atoms with E-state index in [1.807, 2.05) is 43.3 Å². The van der Waals surface area contributed by atoms with Gasteiger partial charge in [0.2, 0.25) is 5.91 Å². The Morgan fingerprint density at radius 2 is 1.88 bits per heavy atom. The smallest absolute Gasteiger partial charge is 0.235 e. The lowest BCUT2D eigenvalue weighted by molar-refractivity contribution is -0.132. The maximum absolute atomic E-state index is 12.7. The first kappa shape index (κ1) is 18.0. The topological polar surface area (TPSA) is 41.4 Å². The Morgan fingerprint density at radius 3 is 2.52 bits per heavy atom. The number of piperazine rings is 1. The first-order valence-corrected chi connectivity index (χ1v) is 9.73. The van der Waals surface area contributed by atoms with Crippen molar-refractivity contribution in [3.8, 4) is 11.3 Å². The number of nitrogens with zero attached hydrogens (tertiary/aromatic N) is 4. The highest BCUT2D eigenvalue weighted by atomic mass is 32.2. The Morgan fingerprint density at radius 1 is 1.20 bits per heavy atom. The Kier molecular flexibility index (Phi) is 5.81. The third-order valence-electron chi connectivity index (χ3n) is 4.78. The summed E-state index contributed by atoms with van der Waals surface area (Å²) in [6.45, 7) is 8.81. The van der Waals surface area contributed by atoms with Gasteiger partial charge in [0.15, 0.2) is 5.16 Å². The number of hydrogen-bond acceptors (Lipinski definition) is 4. The monoisotopic (exact) mass is 358 g/mol. The lowest BCUT2D eigenvalue weighted by Gasteiger charge is -2.35. The van der Waals surface area contributed by atoms with Crippen molar-refractivity contribution in [1.29, 1.82) is 0 Å². The molecule has 5 nitrogen and oxygen atoms in total. The van der Waals surface area contributed by atoms with Gasteiger partial charge < -0.3 is 14.4 Å². The van der Waals surface area contributed by atoms with Crippen LogP contribution < -0.4 is 0 Å². The third-order valence-corrected chi connectivity index (χ3v) is 5.92. The summed E-state index contributed by atoms with van der Waals surface area (Å²) in [5.41, 5.74) is 2.21. The molecule has 0 bridgehead atoms. The summed E-state index contributed by atoms with van der Waals surface area (Å²) in [4.78, 5) is 21.6. The predicted octanol–water partition coefficient (Wildman–Crippen LogP) is 2.73. The number of carbonyl (C=O) groups is 1. The Bertz CT molecular complexity index is 707. The van der Waals surface area contributed by atoms with E-state index in [0.29, 0.717) is 0 Å². The van der Waals surface area contributed by atoms with Crippen LogP contribution in [0.25, 0.3) is 11.3 Å². The first-order chi connectivity index (χ1) is 12.1. The average molecular weight is 359 g/mol. The summed E-state index contributed by atoms with van der Waals surface area (Å²) < 4.78 is 2.07. The maximum atomic E-state index is 12.7. The number of hydrogen-bond donors (Lipinski definition) is 0. The molecule has 0 aliphatic carbocycles. The number of aromatic nitrogens is 2.